The molecule has 2 aromatic rings. The second-order valence-corrected chi connectivity index (χ2v) is 4.73. The average molecular weight is 268 g/mol. The molecule has 0 fully saturated rings. The molecular formula is C17H20N2O. The summed E-state index contributed by atoms with van der Waals surface area (Å²) in [5.41, 5.74) is 3.59. The molecule has 2 rings (SSSR count). The first-order valence-corrected chi connectivity index (χ1v) is 6.81. The fraction of sp³-hybridized carbons (Fsp3) is 0.235. The van der Waals surface area contributed by atoms with Gasteiger partial charge in [-0.1, -0.05) is 30.3 Å². The van der Waals surface area contributed by atoms with Crippen LogP contribution in [-0.4, -0.2) is 19.5 Å². The van der Waals surface area contributed by atoms with Crippen LogP contribution in [0.15, 0.2) is 48.5 Å². The Bertz CT molecular complexity index is 607. The smallest absolute Gasteiger partial charge is 0.260 e. The standard InChI is InChI=1S/C17H20N2O/c1-4-18-15-11-7-6-10-14(15)17(20)19(3)16-12-8-5-9-13(16)2/h5-12,18H,4H2,1-3H3. The van der Waals surface area contributed by atoms with Gasteiger partial charge in [-0.15, -0.1) is 0 Å². The van der Waals surface area contributed by atoms with Gasteiger partial charge in [0.05, 0.1) is 5.56 Å². The molecular weight excluding hydrogens is 248 g/mol. The van der Waals surface area contributed by atoms with Gasteiger partial charge < -0.3 is 10.2 Å². The molecule has 3 heteroatoms. The van der Waals surface area contributed by atoms with Crippen LogP contribution in [0.25, 0.3) is 0 Å². The van der Waals surface area contributed by atoms with E-state index < -0.39 is 0 Å². The van der Waals surface area contributed by atoms with Gasteiger partial charge in [-0.2, -0.15) is 0 Å². The van der Waals surface area contributed by atoms with E-state index in [9.17, 15) is 4.79 Å². The number of carbonyl (C=O) groups excluding carboxylic acids is 1. The third-order valence-corrected chi connectivity index (χ3v) is 3.31. The minimum Gasteiger partial charge on any atom is -0.385 e. The van der Waals surface area contributed by atoms with Crippen LogP contribution in [-0.2, 0) is 0 Å². The van der Waals surface area contributed by atoms with Crippen molar-refractivity contribution < 1.29 is 4.79 Å². The molecule has 1 N–H and O–H groups in total. The van der Waals surface area contributed by atoms with Crippen LogP contribution in [0, 0.1) is 6.92 Å². The van der Waals surface area contributed by atoms with Crippen molar-refractivity contribution in [3.63, 3.8) is 0 Å². The van der Waals surface area contributed by atoms with Crippen molar-refractivity contribution in [2.24, 2.45) is 0 Å². The molecule has 0 aliphatic rings. The van der Waals surface area contributed by atoms with Gasteiger partial charge in [-0.25, -0.2) is 0 Å². The lowest BCUT2D eigenvalue weighted by molar-refractivity contribution is 0.0993. The number of hydrogen-bond acceptors (Lipinski definition) is 2. The number of nitrogens with zero attached hydrogens (tertiary/aromatic N) is 1. The lowest BCUT2D eigenvalue weighted by Crippen LogP contribution is -2.27. The molecule has 0 heterocycles. The molecule has 0 aliphatic carbocycles. The quantitative estimate of drug-likeness (QED) is 0.917. The predicted octanol–water partition coefficient (Wildman–Crippen LogP) is 3.70. The molecule has 0 spiro atoms. The van der Waals surface area contributed by atoms with Gasteiger partial charge in [-0.3, -0.25) is 4.79 Å². The van der Waals surface area contributed by atoms with Crippen molar-refractivity contribution in [2.75, 3.05) is 23.8 Å². The van der Waals surface area contributed by atoms with Crippen LogP contribution < -0.4 is 10.2 Å². The Kier molecular flexibility index (Phi) is 4.41. The molecule has 0 aliphatic heterocycles. The second-order valence-electron chi connectivity index (χ2n) is 4.73. The summed E-state index contributed by atoms with van der Waals surface area (Å²) in [4.78, 5) is 14.4. The summed E-state index contributed by atoms with van der Waals surface area (Å²) in [7, 11) is 1.81. The Hall–Kier alpha value is -2.29. The summed E-state index contributed by atoms with van der Waals surface area (Å²) in [6, 6.07) is 15.5. The van der Waals surface area contributed by atoms with Crippen molar-refractivity contribution in [1.82, 2.24) is 0 Å². The molecule has 0 saturated heterocycles. The van der Waals surface area contributed by atoms with Gasteiger partial charge in [0.15, 0.2) is 0 Å². The van der Waals surface area contributed by atoms with E-state index >= 15 is 0 Å². The van der Waals surface area contributed by atoms with Gasteiger partial charge >= 0.3 is 0 Å². The molecule has 0 bridgehead atoms. The molecule has 0 atom stereocenters. The lowest BCUT2D eigenvalue weighted by atomic mass is 10.1. The molecule has 20 heavy (non-hydrogen) atoms. The zero-order valence-corrected chi connectivity index (χ0v) is 12.2. The minimum absolute atomic E-state index is 0.00384. The highest BCUT2D eigenvalue weighted by Gasteiger charge is 2.17. The highest BCUT2D eigenvalue weighted by Crippen LogP contribution is 2.23. The van der Waals surface area contributed by atoms with Crippen LogP contribution in [0.5, 0.6) is 0 Å². The second kappa shape index (κ2) is 6.24. The maximum atomic E-state index is 12.7. The van der Waals surface area contributed by atoms with Crippen molar-refractivity contribution in [3.8, 4) is 0 Å². The summed E-state index contributed by atoms with van der Waals surface area (Å²) < 4.78 is 0. The third kappa shape index (κ3) is 2.82. The molecule has 0 unspecified atom stereocenters. The van der Waals surface area contributed by atoms with Crippen LogP contribution in [0.2, 0.25) is 0 Å². The number of hydrogen-bond donors (Lipinski definition) is 1. The van der Waals surface area contributed by atoms with Crippen LogP contribution in [0.4, 0.5) is 11.4 Å². The maximum Gasteiger partial charge on any atom is 0.260 e. The fourth-order valence-corrected chi connectivity index (χ4v) is 2.24. The Balaban J connectivity index is 2.34. The van der Waals surface area contributed by atoms with E-state index in [2.05, 4.69) is 5.32 Å². The zero-order chi connectivity index (χ0) is 14.5. The van der Waals surface area contributed by atoms with E-state index in [-0.39, 0.29) is 5.91 Å². The number of rotatable bonds is 4. The first-order valence-electron chi connectivity index (χ1n) is 6.81. The van der Waals surface area contributed by atoms with Gasteiger partial charge in [0, 0.05) is 25.0 Å². The molecule has 0 aromatic heterocycles. The maximum absolute atomic E-state index is 12.7. The number of para-hydroxylation sites is 2. The lowest BCUT2D eigenvalue weighted by Gasteiger charge is -2.21. The van der Waals surface area contributed by atoms with Gasteiger partial charge in [0.1, 0.15) is 0 Å². The summed E-state index contributed by atoms with van der Waals surface area (Å²) in [5, 5.41) is 3.23. The molecule has 3 nitrogen and oxygen atoms in total. The number of aryl methyl sites for hydroxylation is 1. The van der Waals surface area contributed by atoms with E-state index in [0.717, 1.165) is 23.5 Å². The van der Waals surface area contributed by atoms with Crippen molar-refractivity contribution in [1.29, 1.82) is 0 Å². The highest BCUT2D eigenvalue weighted by atomic mass is 16.2. The van der Waals surface area contributed by atoms with E-state index in [0.29, 0.717) is 5.56 Å². The molecule has 1 amide bonds. The number of benzene rings is 2. The van der Waals surface area contributed by atoms with Crippen molar-refractivity contribution in [3.05, 3.63) is 59.7 Å². The molecule has 2 aromatic carbocycles. The Morgan fingerprint density at radius 3 is 2.45 bits per heavy atom. The number of nitrogens with one attached hydrogen (secondary N) is 1. The third-order valence-electron chi connectivity index (χ3n) is 3.31. The topological polar surface area (TPSA) is 32.3 Å². The van der Waals surface area contributed by atoms with E-state index in [1.165, 1.54) is 0 Å². The molecule has 0 radical (unpaired) electrons. The minimum atomic E-state index is -0.00384. The normalized spacial score (nSPS) is 10.2. The summed E-state index contributed by atoms with van der Waals surface area (Å²) in [6.45, 7) is 4.82. The van der Waals surface area contributed by atoms with Crippen LogP contribution >= 0.6 is 0 Å². The fourth-order valence-electron chi connectivity index (χ4n) is 2.24. The highest BCUT2D eigenvalue weighted by molar-refractivity contribution is 6.09. The largest absolute Gasteiger partial charge is 0.385 e. The summed E-state index contributed by atoms with van der Waals surface area (Å²) in [6.07, 6.45) is 0. The first-order chi connectivity index (χ1) is 9.65. The SMILES string of the molecule is CCNc1ccccc1C(=O)N(C)c1ccccc1C. The van der Waals surface area contributed by atoms with Gasteiger partial charge in [-0.05, 0) is 37.6 Å². The first kappa shape index (κ1) is 14.1. The van der Waals surface area contributed by atoms with E-state index in [4.69, 9.17) is 0 Å². The summed E-state index contributed by atoms with van der Waals surface area (Å²) in [5.74, 6) is -0.00384. The molecule has 0 saturated carbocycles. The monoisotopic (exact) mass is 268 g/mol. The van der Waals surface area contributed by atoms with E-state index in [1.54, 1.807) is 4.90 Å². The number of anilines is 2. The summed E-state index contributed by atoms with van der Waals surface area (Å²) >= 11 is 0. The van der Waals surface area contributed by atoms with Gasteiger partial charge in [0.25, 0.3) is 5.91 Å². The number of carbonyl (C=O) groups is 1. The molecule has 104 valence electrons. The van der Waals surface area contributed by atoms with Crippen molar-refractivity contribution in [2.45, 2.75) is 13.8 Å². The van der Waals surface area contributed by atoms with Crippen LogP contribution in [0.3, 0.4) is 0 Å². The van der Waals surface area contributed by atoms with Crippen LogP contribution in [0.1, 0.15) is 22.8 Å². The van der Waals surface area contributed by atoms with Crippen molar-refractivity contribution >= 4 is 17.3 Å². The number of amides is 1. The predicted molar refractivity (Wildman–Crippen MR) is 84.5 cm³/mol. The van der Waals surface area contributed by atoms with Gasteiger partial charge in [0.2, 0.25) is 0 Å². The Morgan fingerprint density at radius 2 is 1.75 bits per heavy atom. The van der Waals surface area contributed by atoms with E-state index in [1.807, 2.05) is 69.4 Å². The Morgan fingerprint density at radius 1 is 1.10 bits per heavy atom. The average Bonchev–Trinajstić information content (AvgIpc) is 2.47. The Labute approximate surface area is 120 Å². The zero-order valence-electron chi connectivity index (χ0n) is 12.2.